The number of imidazole rings is 1. The average molecular weight is 572 g/mol. The number of nitrogens with one attached hydrogen (secondary N) is 2. The van der Waals surface area contributed by atoms with Gasteiger partial charge in [-0.15, -0.1) is 0 Å². The molecule has 0 unspecified atom stereocenters. The highest BCUT2D eigenvalue weighted by Crippen LogP contribution is 2.38. The van der Waals surface area contributed by atoms with Gasteiger partial charge in [-0.2, -0.15) is 0 Å². The van der Waals surface area contributed by atoms with E-state index in [2.05, 4.69) is 73.1 Å². The number of hydrogen-bond donors (Lipinski definition) is 2. The van der Waals surface area contributed by atoms with Gasteiger partial charge in [0.1, 0.15) is 0 Å². The number of carbonyl (C=O) groups excluding carboxylic acids is 1. The zero-order valence-electron chi connectivity index (χ0n) is 20.7. The summed E-state index contributed by atoms with van der Waals surface area (Å²) in [7, 11) is 0. The van der Waals surface area contributed by atoms with Crippen molar-refractivity contribution in [3.63, 3.8) is 0 Å². The van der Waals surface area contributed by atoms with Gasteiger partial charge in [-0.1, -0.05) is 17.7 Å². The second-order valence-corrected chi connectivity index (χ2v) is 11.6. The van der Waals surface area contributed by atoms with Crippen LogP contribution in [0.15, 0.2) is 53.7 Å². The Morgan fingerprint density at radius 3 is 2.92 bits per heavy atom. The minimum atomic E-state index is -0.284. The Kier molecular flexibility index (Phi) is 7.49. The molecule has 2 aliphatic rings. The monoisotopic (exact) mass is 570 g/mol. The van der Waals surface area contributed by atoms with Crippen LogP contribution in [-0.2, 0) is 23.2 Å². The number of nitrogens with zero attached hydrogens (tertiary/aromatic N) is 4. The summed E-state index contributed by atoms with van der Waals surface area (Å²) < 4.78 is 3.07. The Balaban J connectivity index is 1.33. The van der Waals surface area contributed by atoms with Crippen LogP contribution in [0.1, 0.15) is 48.7 Å². The molecule has 1 fully saturated rings. The minimum Gasteiger partial charge on any atom is -0.355 e. The Bertz CT molecular complexity index is 1180. The number of amides is 1. The molecule has 2 atom stereocenters. The summed E-state index contributed by atoms with van der Waals surface area (Å²) >= 11 is 9.97. The van der Waals surface area contributed by atoms with Gasteiger partial charge in [-0.3, -0.25) is 14.7 Å². The van der Waals surface area contributed by atoms with Crippen LogP contribution in [0, 0.1) is 0 Å². The molecule has 1 aromatic carbocycles. The number of halogens is 2. The molecule has 0 saturated carbocycles. The maximum absolute atomic E-state index is 13.2. The lowest BCUT2D eigenvalue weighted by atomic mass is 9.95. The van der Waals surface area contributed by atoms with E-state index in [1.165, 1.54) is 16.7 Å². The van der Waals surface area contributed by atoms with Crippen molar-refractivity contribution in [1.82, 2.24) is 30.1 Å². The highest BCUT2D eigenvalue weighted by atomic mass is 79.9. The quantitative estimate of drug-likeness (QED) is 0.466. The fraction of sp³-hybridized carbons (Fsp3) is 0.444. The third kappa shape index (κ3) is 5.37. The van der Waals surface area contributed by atoms with Crippen LogP contribution in [0.25, 0.3) is 0 Å². The van der Waals surface area contributed by atoms with Crippen LogP contribution in [-0.4, -0.2) is 57.6 Å². The van der Waals surface area contributed by atoms with Crippen LogP contribution in [0.2, 0.25) is 5.02 Å². The second kappa shape index (κ2) is 10.6. The molecule has 1 amide bonds. The number of aromatic nitrogens is 3. The molecule has 0 spiro atoms. The summed E-state index contributed by atoms with van der Waals surface area (Å²) in [5.41, 5.74) is 4.68. The number of fused-ring (bicyclic) bond motifs is 2. The molecule has 5 rings (SSSR count). The molecule has 190 valence electrons. The Hall–Kier alpha value is -2.26. The molecule has 1 aliphatic heterocycles. The van der Waals surface area contributed by atoms with Crippen LogP contribution < -0.4 is 10.6 Å². The molecule has 36 heavy (non-hydrogen) atoms. The van der Waals surface area contributed by atoms with Gasteiger partial charge in [-0.25, -0.2) is 4.98 Å². The fourth-order valence-electron chi connectivity index (χ4n) is 5.33. The van der Waals surface area contributed by atoms with Crippen molar-refractivity contribution < 1.29 is 4.79 Å². The lowest BCUT2D eigenvalue weighted by molar-refractivity contribution is -0.124. The molecule has 7 nitrogen and oxygen atoms in total. The van der Waals surface area contributed by atoms with Crippen molar-refractivity contribution in [3.8, 4) is 0 Å². The van der Waals surface area contributed by atoms with Gasteiger partial charge in [0, 0.05) is 59.8 Å². The third-order valence-electron chi connectivity index (χ3n) is 7.42. The van der Waals surface area contributed by atoms with Gasteiger partial charge in [0.05, 0.1) is 24.1 Å². The van der Waals surface area contributed by atoms with Gasteiger partial charge in [0.15, 0.2) is 0 Å². The summed E-state index contributed by atoms with van der Waals surface area (Å²) in [6.45, 7) is 7.09. The Labute approximate surface area is 225 Å². The molecule has 2 N–H and O–H groups in total. The van der Waals surface area contributed by atoms with Crippen molar-refractivity contribution in [2.45, 2.75) is 50.7 Å². The lowest BCUT2D eigenvalue weighted by Crippen LogP contribution is -2.58. The van der Waals surface area contributed by atoms with Crippen molar-refractivity contribution >= 4 is 33.4 Å². The number of aryl methyl sites for hydroxylation is 2. The van der Waals surface area contributed by atoms with Crippen LogP contribution >= 0.6 is 27.5 Å². The molecule has 0 radical (unpaired) electrons. The topological polar surface area (TPSA) is 75.1 Å². The maximum Gasteiger partial charge on any atom is 0.238 e. The van der Waals surface area contributed by atoms with Crippen molar-refractivity contribution in [3.05, 3.63) is 81.1 Å². The largest absolute Gasteiger partial charge is 0.355 e. The molecule has 3 aromatic rings. The summed E-state index contributed by atoms with van der Waals surface area (Å²) in [6.07, 6.45) is 10.1. The first kappa shape index (κ1) is 25.4. The molecule has 2 aromatic heterocycles. The third-order valence-corrected chi connectivity index (χ3v) is 8.09. The number of pyridine rings is 1. The van der Waals surface area contributed by atoms with E-state index >= 15 is 0 Å². The van der Waals surface area contributed by atoms with Crippen LogP contribution in [0.5, 0.6) is 0 Å². The van der Waals surface area contributed by atoms with Crippen molar-refractivity contribution in [1.29, 1.82) is 0 Å². The Morgan fingerprint density at radius 1 is 1.28 bits per heavy atom. The van der Waals surface area contributed by atoms with Gasteiger partial charge in [0.25, 0.3) is 0 Å². The number of rotatable bonds is 6. The summed E-state index contributed by atoms with van der Waals surface area (Å²) in [5, 5.41) is 7.34. The molecule has 1 saturated heterocycles. The molecular formula is C27H32BrClN6O. The first-order valence-electron chi connectivity index (χ1n) is 12.5. The normalized spacial score (nSPS) is 20.3. The van der Waals surface area contributed by atoms with Crippen LogP contribution in [0.3, 0.4) is 0 Å². The first-order chi connectivity index (χ1) is 17.3. The summed E-state index contributed by atoms with van der Waals surface area (Å²) in [6, 6.07) is 8.06. The number of piperazine rings is 1. The van der Waals surface area contributed by atoms with Gasteiger partial charge in [0.2, 0.25) is 5.91 Å². The summed E-state index contributed by atoms with van der Waals surface area (Å²) in [4.78, 5) is 24.6. The number of benzene rings is 1. The average Bonchev–Trinajstić information content (AvgIpc) is 3.36. The van der Waals surface area contributed by atoms with Gasteiger partial charge >= 0.3 is 0 Å². The van der Waals surface area contributed by atoms with Crippen molar-refractivity contribution in [2.24, 2.45) is 0 Å². The SMILES string of the molecule is CC(C)(CCNC(=O)[C@H]1CN([C@H]2c3ccc(Cl)cc3CCc3cc(Br)cnc32)CCN1)n1ccnc1. The highest BCUT2D eigenvalue weighted by Gasteiger charge is 2.35. The first-order valence-corrected chi connectivity index (χ1v) is 13.7. The van der Waals surface area contributed by atoms with Crippen molar-refractivity contribution in [2.75, 3.05) is 26.2 Å². The zero-order chi connectivity index (χ0) is 25.3. The standard InChI is InChI=1S/C27H32BrClN6O/c1-27(2,35-12-9-30-17-35)7-8-32-26(36)23-16-34(11-10-31-23)25-22-6-5-21(29)14-18(22)3-4-19-13-20(28)15-33-24(19)25/h5-6,9,12-15,17,23,25,31H,3-4,7-8,10-11,16H2,1-2H3,(H,32,36)/t23-,25+/m1/s1. The van der Waals surface area contributed by atoms with Gasteiger partial charge in [-0.05, 0) is 83.9 Å². The van der Waals surface area contributed by atoms with E-state index in [9.17, 15) is 4.79 Å². The lowest BCUT2D eigenvalue weighted by Gasteiger charge is -2.39. The van der Waals surface area contributed by atoms with E-state index in [1.54, 1.807) is 6.20 Å². The molecule has 9 heteroatoms. The van der Waals surface area contributed by atoms with E-state index in [0.29, 0.717) is 13.1 Å². The number of hydrogen-bond acceptors (Lipinski definition) is 5. The van der Waals surface area contributed by atoms with E-state index in [-0.39, 0.29) is 23.5 Å². The molecule has 1 aliphatic carbocycles. The van der Waals surface area contributed by atoms with E-state index in [4.69, 9.17) is 16.6 Å². The smallest absolute Gasteiger partial charge is 0.238 e. The summed E-state index contributed by atoms with van der Waals surface area (Å²) in [5.74, 6) is 0.0371. The van der Waals surface area contributed by atoms with Gasteiger partial charge < -0.3 is 15.2 Å². The number of carbonyl (C=O) groups is 1. The van der Waals surface area contributed by atoms with Crippen LogP contribution in [0.4, 0.5) is 0 Å². The Morgan fingerprint density at radius 2 is 2.11 bits per heavy atom. The second-order valence-electron chi connectivity index (χ2n) is 10.3. The molecular weight excluding hydrogens is 540 g/mol. The fourth-order valence-corrected chi connectivity index (χ4v) is 5.90. The van der Waals surface area contributed by atoms with E-state index < -0.39 is 0 Å². The predicted molar refractivity (Wildman–Crippen MR) is 145 cm³/mol. The molecule has 3 heterocycles. The molecule has 0 bridgehead atoms. The van der Waals surface area contributed by atoms with E-state index in [0.717, 1.165) is 47.5 Å². The highest BCUT2D eigenvalue weighted by molar-refractivity contribution is 9.10. The zero-order valence-corrected chi connectivity index (χ0v) is 23.0. The van der Waals surface area contributed by atoms with E-state index in [1.807, 2.05) is 24.8 Å². The minimum absolute atomic E-state index is 0.0135. The predicted octanol–water partition coefficient (Wildman–Crippen LogP) is 4.10. The maximum atomic E-state index is 13.2.